The highest BCUT2D eigenvalue weighted by Crippen LogP contribution is 2.24. The predicted octanol–water partition coefficient (Wildman–Crippen LogP) is 2.73. The van der Waals surface area contributed by atoms with Crippen molar-refractivity contribution in [3.05, 3.63) is 45.8 Å². The molecular formula is C11H8BrClN4O. The minimum Gasteiger partial charge on any atom is -0.398 e. The molecule has 92 valence electrons. The zero-order valence-electron chi connectivity index (χ0n) is 9.02. The van der Waals surface area contributed by atoms with Gasteiger partial charge >= 0.3 is 0 Å². The number of nitrogens with two attached hydrogens (primary N) is 1. The summed E-state index contributed by atoms with van der Waals surface area (Å²) in [5.41, 5.74) is 6.61. The van der Waals surface area contributed by atoms with E-state index in [1.165, 1.54) is 6.20 Å². The van der Waals surface area contributed by atoms with Crippen LogP contribution in [-0.2, 0) is 0 Å². The van der Waals surface area contributed by atoms with Gasteiger partial charge in [-0.25, -0.2) is 9.97 Å². The second kappa shape index (κ2) is 5.32. The Morgan fingerprint density at radius 3 is 2.89 bits per heavy atom. The standard InChI is InChI=1S/C11H8BrClN4O/c12-9-6(2-1-3-7(9)14)10(18)16-8-4-5-15-11(13)17-8/h1-5H,14H2,(H,15,16,17,18). The first-order chi connectivity index (χ1) is 8.58. The number of nitrogens with one attached hydrogen (secondary N) is 1. The van der Waals surface area contributed by atoms with E-state index in [9.17, 15) is 4.79 Å². The van der Waals surface area contributed by atoms with Gasteiger partial charge in [0.15, 0.2) is 0 Å². The molecule has 0 aliphatic carbocycles. The van der Waals surface area contributed by atoms with Gasteiger partial charge in [-0.2, -0.15) is 0 Å². The summed E-state index contributed by atoms with van der Waals surface area (Å²) in [6.07, 6.45) is 1.46. The van der Waals surface area contributed by atoms with Crippen LogP contribution in [0.4, 0.5) is 11.5 Å². The molecule has 1 aromatic carbocycles. The summed E-state index contributed by atoms with van der Waals surface area (Å²) in [5, 5.41) is 2.68. The molecule has 0 aliphatic rings. The van der Waals surface area contributed by atoms with Crippen LogP contribution in [0.3, 0.4) is 0 Å². The number of aromatic nitrogens is 2. The Labute approximate surface area is 117 Å². The first-order valence-corrected chi connectivity index (χ1v) is 6.09. The lowest BCUT2D eigenvalue weighted by atomic mass is 10.2. The molecule has 0 saturated heterocycles. The predicted molar refractivity (Wildman–Crippen MR) is 73.5 cm³/mol. The molecular weight excluding hydrogens is 320 g/mol. The van der Waals surface area contributed by atoms with Crippen LogP contribution in [0.15, 0.2) is 34.9 Å². The molecule has 1 heterocycles. The molecule has 0 radical (unpaired) electrons. The van der Waals surface area contributed by atoms with Gasteiger partial charge < -0.3 is 11.1 Å². The van der Waals surface area contributed by atoms with Gasteiger partial charge in [-0.3, -0.25) is 4.79 Å². The number of rotatable bonds is 2. The highest BCUT2D eigenvalue weighted by Gasteiger charge is 2.12. The number of nitrogens with zero attached hydrogens (tertiary/aromatic N) is 2. The van der Waals surface area contributed by atoms with E-state index in [0.29, 0.717) is 21.5 Å². The van der Waals surface area contributed by atoms with Crippen molar-refractivity contribution in [3.63, 3.8) is 0 Å². The summed E-state index contributed by atoms with van der Waals surface area (Å²) in [6, 6.07) is 6.59. The van der Waals surface area contributed by atoms with E-state index in [2.05, 4.69) is 31.2 Å². The number of benzene rings is 1. The van der Waals surface area contributed by atoms with E-state index < -0.39 is 0 Å². The van der Waals surface area contributed by atoms with Crippen LogP contribution < -0.4 is 11.1 Å². The lowest BCUT2D eigenvalue weighted by Gasteiger charge is -2.07. The fraction of sp³-hybridized carbons (Fsp3) is 0. The fourth-order valence-electron chi connectivity index (χ4n) is 1.31. The maximum Gasteiger partial charge on any atom is 0.258 e. The highest BCUT2D eigenvalue weighted by molar-refractivity contribution is 9.10. The zero-order valence-corrected chi connectivity index (χ0v) is 11.4. The fourth-order valence-corrected chi connectivity index (χ4v) is 1.91. The third-order valence-corrected chi connectivity index (χ3v) is 3.21. The van der Waals surface area contributed by atoms with Crippen molar-refractivity contribution in [2.45, 2.75) is 0 Å². The van der Waals surface area contributed by atoms with E-state index in [0.717, 1.165) is 0 Å². The van der Waals surface area contributed by atoms with Crippen molar-refractivity contribution in [3.8, 4) is 0 Å². The summed E-state index contributed by atoms with van der Waals surface area (Å²) in [4.78, 5) is 19.6. The lowest BCUT2D eigenvalue weighted by Crippen LogP contribution is -2.14. The number of halogens is 2. The lowest BCUT2D eigenvalue weighted by molar-refractivity contribution is 0.102. The van der Waals surface area contributed by atoms with Crippen molar-refractivity contribution in [1.29, 1.82) is 0 Å². The Bertz CT molecular complexity index is 605. The molecule has 1 amide bonds. The van der Waals surface area contributed by atoms with E-state index in [1.54, 1.807) is 24.3 Å². The van der Waals surface area contributed by atoms with Crippen LogP contribution in [0.25, 0.3) is 0 Å². The van der Waals surface area contributed by atoms with Gasteiger partial charge in [0.2, 0.25) is 5.28 Å². The number of amides is 1. The summed E-state index contributed by atoms with van der Waals surface area (Å²) < 4.78 is 0.544. The molecule has 18 heavy (non-hydrogen) atoms. The van der Waals surface area contributed by atoms with Crippen molar-refractivity contribution in [2.24, 2.45) is 0 Å². The molecule has 0 bridgehead atoms. The van der Waals surface area contributed by atoms with Crippen LogP contribution in [0, 0.1) is 0 Å². The van der Waals surface area contributed by atoms with Crippen molar-refractivity contribution >= 4 is 44.9 Å². The summed E-state index contributed by atoms with van der Waals surface area (Å²) in [6.45, 7) is 0. The average Bonchev–Trinajstić information content (AvgIpc) is 2.32. The second-order valence-electron chi connectivity index (χ2n) is 3.37. The Kier molecular flexibility index (Phi) is 3.78. The smallest absolute Gasteiger partial charge is 0.258 e. The van der Waals surface area contributed by atoms with E-state index in [4.69, 9.17) is 17.3 Å². The van der Waals surface area contributed by atoms with Gasteiger partial charge in [0.1, 0.15) is 5.82 Å². The van der Waals surface area contributed by atoms with Gasteiger partial charge in [0, 0.05) is 11.9 Å². The Hall–Kier alpha value is -1.66. The molecule has 3 N–H and O–H groups in total. The van der Waals surface area contributed by atoms with Gasteiger partial charge in [0.25, 0.3) is 5.91 Å². The molecule has 7 heteroatoms. The number of carbonyl (C=O) groups is 1. The number of nitrogen functional groups attached to an aromatic ring is 1. The van der Waals surface area contributed by atoms with Gasteiger partial charge in [0.05, 0.1) is 10.0 Å². The minimum atomic E-state index is -0.330. The van der Waals surface area contributed by atoms with Gasteiger partial charge in [-0.15, -0.1) is 0 Å². The van der Waals surface area contributed by atoms with Crippen LogP contribution in [0.2, 0.25) is 5.28 Å². The van der Waals surface area contributed by atoms with Crippen LogP contribution >= 0.6 is 27.5 Å². The highest BCUT2D eigenvalue weighted by atomic mass is 79.9. The van der Waals surface area contributed by atoms with Crippen molar-refractivity contribution < 1.29 is 4.79 Å². The SMILES string of the molecule is Nc1cccc(C(=O)Nc2ccnc(Cl)n2)c1Br. The maximum atomic E-state index is 12.0. The van der Waals surface area contributed by atoms with Gasteiger partial charge in [-0.05, 0) is 45.7 Å². The average molecular weight is 328 g/mol. The van der Waals surface area contributed by atoms with Gasteiger partial charge in [-0.1, -0.05) is 6.07 Å². The molecule has 0 unspecified atom stereocenters. The Morgan fingerprint density at radius 2 is 2.17 bits per heavy atom. The number of carbonyl (C=O) groups excluding carboxylic acids is 1. The molecule has 0 aliphatic heterocycles. The molecule has 2 rings (SSSR count). The largest absolute Gasteiger partial charge is 0.398 e. The summed E-state index contributed by atoms with van der Waals surface area (Å²) in [5.74, 6) is -0.00161. The first-order valence-electron chi connectivity index (χ1n) is 4.92. The Morgan fingerprint density at radius 1 is 1.39 bits per heavy atom. The Balaban J connectivity index is 2.25. The van der Waals surface area contributed by atoms with Crippen LogP contribution in [0.5, 0.6) is 0 Å². The van der Waals surface area contributed by atoms with E-state index in [-0.39, 0.29) is 11.2 Å². The summed E-state index contributed by atoms with van der Waals surface area (Å²) >= 11 is 8.89. The minimum absolute atomic E-state index is 0.0689. The quantitative estimate of drug-likeness (QED) is 0.656. The molecule has 0 spiro atoms. The molecule has 1 aromatic heterocycles. The van der Waals surface area contributed by atoms with Crippen molar-refractivity contribution in [1.82, 2.24) is 9.97 Å². The number of anilines is 2. The van der Waals surface area contributed by atoms with Crippen LogP contribution in [-0.4, -0.2) is 15.9 Å². The molecule has 5 nitrogen and oxygen atoms in total. The van der Waals surface area contributed by atoms with Crippen molar-refractivity contribution in [2.75, 3.05) is 11.1 Å². The van der Waals surface area contributed by atoms with Crippen LogP contribution in [0.1, 0.15) is 10.4 Å². The van der Waals surface area contributed by atoms with E-state index in [1.807, 2.05) is 0 Å². The summed E-state index contributed by atoms with van der Waals surface area (Å²) in [7, 11) is 0. The molecule has 0 fully saturated rings. The molecule has 0 atom stereocenters. The maximum absolute atomic E-state index is 12.0. The zero-order chi connectivity index (χ0) is 13.1. The third-order valence-electron chi connectivity index (χ3n) is 2.14. The molecule has 0 saturated carbocycles. The third kappa shape index (κ3) is 2.77. The number of hydrogen-bond donors (Lipinski definition) is 2. The number of hydrogen-bond acceptors (Lipinski definition) is 4. The first kappa shape index (κ1) is 12.8. The van der Waals surface area contributed by atoms with E-state index >= 15 is 0 Å². The normalized spacial score (nSPS) is 10.1. The topological polar surface area (TPSA) is 80.9 Å². The molecule has 2 aromatic rings. The monoisotopic (exact) mass is 326 g/mol. The second-order valence-corrected chi connectivity index (χ2v) is 4.50.